The monoisotopic (exact) mass is 344 g/mol. The van der Waals surface area contributed by atoms with E-state index >= 15 is 0 Å². The van der Waals surface area contributed by atoms with E-state index in [1.807, 2.05) is 30.3 Å². The lowest BCUT2D eigenvalue weighted by atomic mass is 10.00. The summed E-state index contributed by atoms with van der Waals surface area (Å²) in [7, 11) is 0. The normalized spacial score (nSPS) is 18.6. The van der Waals surface area contributed by atoms with E-state index in [0.717, 1.165) is 17.7 Å². The SMILES string of the molecule is N#Cc1cc(F)c(N2CCOC[C@H]2C[C@@H](O)c2ccccc2)c(F)c1. The van der Waals surface area contributed by atoms with Crippen molar-refractivity contribution in [2.45, 2.75) is 18.6 Å². The van der Waals surface area contributed by atoms with Gasteiger partial charge in [0.1, 0.15) is 5.69 Å². The van der Waals surface area contributed by atoms with Crippen molar-refractivity contribution in [3.05, 3.63) is 65.2 Å². The van der Waals surface area contributed by atoms with Gasteiger partial charge in [-0.15, -0.1) is 0 Å². The van der Waals surface area contributed by atoms with Crippen LogP contribution < -0.4 is 4.90 Å². The maximum absolute atomic E-state index is 14.4. The Morgan fingerprint density at radius 2 is 1.92 bits per heavy atom. The van der Waals surface area contributed by atoms with Crippen LogP contribution in [0.4, 0.5) is 14.5 Å². The number of aliphatic hydroxyl groups excluding tert-OH is 1. The number of rotatable bonds is 4. The zero-order chi connectivity index (χ0) is 17.8. The maximum Gasteiger partial charge on any atom is 0.150 e. The molecule has 1 saturated heterocycles. The molecule has 6 heteroatoms. The molecule has 3 rings (SSSR count). The molecule has 1 N–H and O–H groups in total. The van der Waals surface area contributed by atoms with Gasteiger partial charge in [0.15, 0.2) is 11.6 Å². The molecule has 25 heavy (non-hydrogen) atoms. The van der Waals surface area contributed by atoms with E-state index < -0.39 is 17.7 Å². The van der Waals surface area contributed by atoms with E-state index in [2.05, 4.69) is 0 Å². The summed E-state index contributed by atoms with van der Waals surface area (Å²) in [6.07, 6.45) is -0.483. The largest absolute Gasteiger partial charge is 0.388 e. The molecular formula is C19H18F2N2O2. The second-order valence-corrected chi connectivity index (χ2v) is 5.98. The van der Waals surface area contributed by atoms with E-state index in [9.17, 15) is 13.9 Å². The Kier molecular flexibility index (Phi) is 5.27. The van der Waals surface area contributed by atoms with Gasteiger partial charge in [0, 0.05) is 13.0 Å². The Hall–Kier alpha value is -2.49. The summed E-state index contributed by atoms with van der Waals surface area (Å²) in [5.41, 5.74) is 0.509. The molecule has 0 bridgehead atoms. The summed E-state index contributed by atoms with van der Waals surface area (Å²) in [6.45, 7) is 0.922. The lowest BCUT2D eigenvalue weighted by molar-refractivity contribution is 0.0673. The molecule has 130 valence electrons. The minimum atomic E-state index is -0.780. The lowest BCUT2D eigenvalue weighted by Gasteiger charge is -2.38. The van der Waals surface area contributed by atoms with Gasteiger partial charge in [-0.05, 0) is 17.7 Å². The first kappa shape index (κ1) is 17.3. The van der Waals surface area contributed by atoms with Crippen LogP contribution in [0.1, 0.15) is 23.7 Å². The number of ether oxygens (including phenoxy) is 1. The van der Waals surface area contributed by atoms with Gasteiger partial charge in [0.25, 0.3) is 0 Å². The highest BCUT2D eigenvalue weighted by molar-refractivity contribution is 5.53. The average Bonchev–Trinajstić information content (AvgIpc) is 2.63. The van der Waals surface area contributed by atoms with E-state index in [0.29, 0.717) is 13.2 Å². The van der Waals surface area contributed by atoms with Crippen LogP contribution in [0.25, 0.3) is 0 Å². The number of benzene rings is 2. The fourth-order valence-corrected chi connectivity index (χ4v) is 3.12. The van der Waals surface area contributed by atoms with Crippen molar-refractivity contribution in [1.82, 2.24) is 0 Å². The molecule has 2 aromatic carbocycles. The minimum absolute atomic E-state index is 0.0621. The zero-order valence-corrected chi connectivity index (χ0v) is 13.5. The first-order valence-corrected chi connectivity index (χ1v) is 8.06. The quantitative estimate of drug-likeness (QED) is 0.926. The van der Waals surface area contributed by atoms with Gasteiger partial charge in [-0.2, -0.15) is 5.26 Å². The molecule has 0 saturated carbocycles. The lowest BCUT2D eigenvalue weighted by Crippen LogP contribution is -2.47. The Morgan fingerprint density at radius 1 is 1.24 bits per heavy atom. The van der Waals surface area contributed by atoms with Gasteiger partial charge in [-0.1, -0.05) is 30.3 Å². The van der Waals surface area contributed by atoms with Crippen LogP contribution >= 0.6 is 0 Å². The molecule has 1 aliphatic rings. The number of halogens is 2. The Morgan fingerprint density at radius 3 is 2.56 bits per heavy atom. The summed E-state index contributed by atoms with van der Waals surface area (Å²) in [5.74, 6) is -1.56. The van der Waals surface area contributed by atoms with Crippen LogP contribution in [0, 0.1) is 23.0 Å². The van der Waals surface area contributed by atoms with Crippen molar-refractivity contribution < 1.29 is 18.6 Å². The molecule has 0 unspecified atom stereocenters. The van der Waals surface area contributed by atoms with Crippen molar-refractivity contribution in [2.24, 2.45) is 0 Å². The second-order valence-electron chi connectivity index (χ2n) is 5.98. The number of aliphatic hydroxyl groups is 1. The molecule has 0 aromatic heterocycles. The third-order valence-corrected chi connectivity index (χ3v) is 4.34. The number of hydrogen-bond acceptors (Lipinski definition) is 4. The highest BCUT2D eigenvalue weighted by Crippen LogP contribution is 2.31. The van der Waals surface area contributed by atoms with Gasteiger partial charge in [-0.3, -0.25) is 0 Å². The van der Waals surface area contributed by atoms with Gasteiger partial charge in [0.2, 0.25) is 0 Å². The summed E-state index contributed by atoms with van der Waals surface area (Å²) in [4.78, 5) is 1.58. The number of hydrogen-bond donors (Lipinski definition) is 1. The Bertz CT molecular complexity index is 754. The van der Waals surface area contributed by atoms with Gasteiger partial charge in [0.05, 0.1) is 37.0 Å². The van der Waals surface area contributed by atoms with Gasteiger partial charge >= 0.3 is 0 Å². The standard InChI is InChI=1S/C19H18F2N2O2/c20-16-8-13(11-22)9-17(21)19(16)23-6-7-25-12-15(23)10-18(24)14-4-2-1-3-5-14/h1-5,8-9,15,18,24H,6-7,10,12H2/t15-,18-/m1/s1. The first-order chi connectivity index (χ1) is 12.1. The highest BCUT2D eigenvalue weighted by Gasteiger charge is 2.30. The molecular weight excluding hydrogens is 326 g/mol. The third kappa shape index (κ3) is 3.78. The molecule has 1 aliphatic heterocycles. The van der Waals surface area contributed by atoms with Crippen LogP contribution in [0.5, 0.6) is 0 Å². The van der Waals surface area contributed by atoms with Crippen LogP contribution in [-0.2, 0) is 4.74 Å². The number of morpholine rings is 1. The van der Waals surface area contributed by atoms with Crippen LogP contribution in [0.15, 0.2) is 42.5 Å². The summed E-state index contributed by atoms with van der Waals surface area (Å²) in [6, 6.07) is 12.5. The Labute approximate surface area is 144 Å². The summed E-state index contributed by atoms with van der Waals surface area (Å²) >= 11 is 0. The molecule has 0 spiro atoms. The fraction of sp³-hybridized carbons (Fsp3) is 0.316. The molecule has 4 nitrogen and oxygen atoms in total. The molecule has 0 amide bonds. The van der Waals surface area contributed by atoms with E-state index in [1.54, 1.807) is 11.0 Å². The predicted octanol–water partition coefficient (Wildman–Crippen LogP) is 3.17. The molecule has 2 atom stereocenters. The zero-order valence-electron chi connectivity index (χ0n) is 13.5. The number of nitrogens with zero attached hydrogens (tertiary/aromatic N) is 2. The van der Waals surface area contributed by atoms with Gasteiger partial charge < -0.3 is 14.7 Å². The Balaban J connectivity index is 1.86. The average molecular weight is 344 g/mol. The molecule has 2 aromatic rings. The van der Waals surface area contributed by atoms with Crippen LogP contribution in [0.2, 0.25) is 0 Å². The third-order valence-electron chi connectivity index (χ3n) is 4.34. The topological polar surface area (TPSA) is 56.5 Å². The fourth-order valence-electron chi connectivity index (χ4n) is 3.12. The predicted molar refractivity (Wildman–Crippen MR) is 89.0 cm³/mol. The minimum Gasteiger partial charge on any atom is -0.388 e. The van der Waals surface area contributed by atoms with Crippen molar-refractivity contribution in [3.8, 4) is 6.07 Å². The van der Waals surface area contributed by atoms with Crippen LogP contribution in [0.3, 0.4) is 0 Å². The van der Waals surface area contributed by atoms with E-state index in [4.69, 9.17) is 10.00 Å². The summed E-state index contributed by atoms with van der Waals surface area (Å²) in [5, 5.41) is 19.3. The highest BCUT2D eigenvalue weighted by atomic mass is 19.1. The van der Waals surface area contributed by atoms with Crippen molar-refractivity contribution >= 4 is 5.69 Å². The van der Waals surface area contributed by atoms with E-state index in [-0.39, 0.29) is 30.3 Å². The number of nitriles is 1. The maximum atomic E-state index is 14.4. The van der Waals surface area contributed by atoms with Crippen molar-refractivity contribution in [1.29, 1.82) is 5.26 Å². The number of anilines is 1. The van der Waals surface area contributed by atoms with Crippen molar-refractivity contribution in [3.63, 3.8) is 0 Å². The van der Waals surface area contributed by atoms with Crippen LogP contribution in [-0.4, -0.2) is 30.9 Å². The van der Waals surface area contributed by atoms with Gasteiger partial charge in [-0.25, -0.2) is 8.78 Å². The molecule has 0 radical (unpaired) electrons. The molecule has 1 heterocycles. The smallest absolute Gasteiger partial charge is 0.150 e. The summed E-state index contributed by atoms with van der Waals surface area (Å²) < 4.78 is 34.2. The molecule has 0 aliphatic carbocycles. The van der Waals surface area contributed by atoms with E-state index in [1.165, 1.54) is 0 Å². The first-order valence-electron chi connectivity index (χ1n) is 8.06. The van der Waals surface area contributed by atoms with Crippen molar-refractivity contribution in [2.75, 3.05) is 24.7 Å². The second kappa shape index (κ2) is 7.60. The molecule has 1 fully saturated rings.